The maximum Gasteiger partial charge on any atom is 0.317 e. The van der Waals surface area contributed by atoms with E-state index in [9.17, 15) is 18.7 Å². The zero-order chi connectivity index (χ0) is 16.5. The minimum atomic E-state index is -0.992. The number of amides is 2. The summed E-state index contributed by atoms with van der Waals surface area (Å²) in [4.78, 5) is 13.6. The Bertz CT molecular complexity index is 537. The van der Waals surface area contributed by atoms with Gasteiger partial charge in [0.2, 0.25) is 0 Å². The molecule has 2 rings (SSSR count). The van der Waals surface area contributed by atoms with Gasteiger partial charge in [-0.15, -0.1) is 0 Å². The molecule has 0 saturated heterocycles. The summed E-state index contributed by atoms with van der Waals surface area (Å²) < 4.78 is 27.4. The molecule has 22 heavy (non-hydrogen) atoms. The number of aliphatic hydroxyl groups is 1. The third-order valence-electron chi connectivity index (χ3n) is 3.72. The molecule has 0 aliphatic heterocycles. The van der Waals surface area contributed by atoms with Crippen molar-refractivity contribution in [1.82, 2.24) is 10.2 Å². The van der Waals surface area contributed by atoms with Crippen LogP contribution >= 0.6 is 0 Å². The highest BCUT2D eigenvalue weighted by molar-refractivity contribution is 5.75. The average molecular weight is 312 g/mol. The summed E-state index contributed by atoms with van der Waals surface area (Å²) in [7, 11) is 0. The standard InChI is InChI=1S/C16H22F2N2O2/c1-4-20(9-16(2,3)22)15(21)19-13-8-10(13)14-11(17)6-5-7-12(14)18/h5-7,10,13,22H,4,8-9H2,1-3H3,(H,19,21). The number of rotatable bonds is 5. The quantitative estimate of drug-likeness (QED) is 0.878. The van der Waals surface area contributed by atoms with Crippen LogP contribution in [0.4, 0.5) is 13.6 Å². The Labute approximate surface area is 129 Å². The van der Waals surface area contributed by atoms with Crippen LogP contribution in [0.25, 0.3) is 0 Å². The van der Waals surface area contributed by atoms with Crippen molar-refractivity contribution < 1.29 is 18.7 Å². The Kier molecular flexibility index (Phi) is 4.70. The summed E-state index contributed by atoms with van der Waals surface area (Å²) in [6.45, 7) is 5.70. The van der Waals surface area contributed by atoms with E-state index >= 15 is 0 Å². The molecular formula is C16H22F2N2O2. The number of nitrogens with zero attached hydrogens (tertiary/aromatic N) is 1. The summed E-state index contributed by atoms with van der Waals surface area (Å²) >= 11 is 0. The number of benzene rings is 1. The van der Waals surface area contributed by atoms with Crippen LogP contribution in [0, 0.1) is 11.6 Å². The molecule has 0 bridgehead atoms. The molecule has 1 aliphatic carbocycles. The van der Waals surface area contributed by atoms with Gasteiger partial charge in [0.05, 0.1) is 12.1 Å². The van der Waals surface area contributed by atoms with E-state index in [-0.39, 0.29) is 30.1 Å². The SMILES string of the molecule is CCN(CC(C)(C)O)C(=O)NC1CC1c1c(F)cccc1F. The van der Waals surface area contributed by atoms with Crippen molar-refractivity contribution in [2.75, 3.05) is 13.1 Å². The average Bonchev–Trinajstić information content (AvgIpc) is 3.13. The van der Waals surface area contributed by atoms with E-state index in [4.69, 9.17) is 0 Å². The summed E-state index contributed by atoms with van der Waals surface area (Å²) in [5.74, 6) is -1.48. The van der Waals surface area contributed by atoms with Gasteiger partial charge in [-0.1, -0.05) is 6.07 Å². The van der Waals surface area contributed by atoms with Crippen molar-refractivity contribution in [2.24, 2.45) is 0 Å². The predicted octanol–water partition coefficient (Wildman–Crippen LogP) is 2.62. The lowest BCUT2D eigenvalue weighted by Gasteiger charge is -2.28. The fraction of sp³-hybridized carbons (Fsp3) is 0.562. The molecule has 0 spiro atoms. The molecule has 2 unspecified atom stereocenters. The second-order valence-electron chi connectivity index (χ2n) is 6.36. The second-order valence-corrected chi connectivity index (χ2v) is 6.36. The molecule has 0 radical (unpaired) electrons. The first kappa shape index (κ1) is 16.7. The van der Waals surface area contributed by atoms with Crippen LogP contribution in [-0.2, 0) is 0 Å². The maximum absolute atomic E-state index is 13.7. The lowest BCUT2D eigenvalue weighted by Crippen LogP contribution is -2.47. The highest BCUT2D eigenvalue weighted by Crippen LogP contribution is 2.43. The van der Waals surface area contributed by atoms with Crippen LogP contribution in [0.2, 0.25) is 0 Å². The fourth-order valence-electron chi connectivity index (χ4n) is 2.58. The molecule has 2 atom stereocenters. The minimum absolute atomic E-state index is 0.0401. The van der Waals surface area contributed by atoms with Gasteiger partial charge in [0.25, 0.3) is 0 Å². The van der Waals surface area contributed by atoms with Crippen LogP contribution in [0.3, 0.4) is 0 Å². The molecule has 1 aromatic rings. The van der Waals surface area contributed by atoms with E-state index in [0.717, 1.165) is 0 Å². The summed E-state index contributed by atoms with van der Waals surface area (Å²) in [6.07, 6.45) is 0.518. The molecule has 1 aromatic carbocycles. The van der Waals surface area contributed by atoms with Gasteiger partial charge in [-0.25, -0.2) is 13.6 Å². The Morgan fingerprint density at radius 2 is 2.00 bits per heavy atom. The first-order valence-electron chi connectivity index (χ1n) is 7.44. The van der Waals surface area contributed by atoms with Gasteiger partial charge < -0.3 is 15.3 Å². The summed E-state index contributed by atoms with van der Waals surface area (Å²) in [6, 6.07) is 3.18. The number of urea groups is 1. The largest absolute Gasteiger partial charge is 0.389 e. The number of carbonyl (C=O) groups is 1. The third-order valence-corrected chi connectivity index (χ3v) is 3.72. The molecule has 122 valence electrons. The fourth-order valence-corrected chi connectivity index (χ4v) is 2.58. The van der Waals surface area contributed by atoms with Crippen molar-refractivity contribution in [2.45, 2.75) is 44.8 Å². The van der Waals surface area contributed by atoms with Gasteiger partial charge in [0.1, 0.15) is 11.6 Å². The first-order chi connectivity index (χ1) is 10.2. The molecule has 4 nitrogen and oxygen atoms in total. The van der Waals surface area contributed by atoms with Gasteiger partial charge in [-0.3, -0.25) is 0 Å². The molecule has 1 aliphatic rings. The van der Waals surface area contributed by atoms with E-state index in [1.807, 2.05) is 6.92 Å². The molecule has 1 saturated carbocycles. The van der Waals surface area contributed by atoms with Crippen LogP contribution in [-0.4, -0.2) is 40.8 Å². The maximum atomic E-state index is 13.7. The number of hydrogen-bond donors (Lipinski definition) is 2. The molecule has 2 amide bonds. The Morgan fingerprint density at radius 3 is 2.50 bits per heavy atom. The van der Waals surface area contributed by atoms with Crippen molar-refractivity contribution in [3.8, 4) is 0 Å². The number of nitrogens with one attached hydrogen (secondary N) is 1. The second kappa shape index (κ2) is 6.20. The third kappa shape index (κ3) is 3.94. The summed E-state index contributed by atoms with van der Waals surface area (Å²) in [5.41, 5.74) is -0.952. The predicted molar refractivity (Wildman–Crippen MR) is 79.6 cm³/mol. The number of likely N-dealkylation sites (N-methyl/N-ethyl adjacent to an activating group) is 1. The molecule has 0 heterocycles. The molecular weight excluding hydrogens is 290 g/mol. The van der Waals surface area contributed by atoms with Gasteiger partial charge >= 0.3 is 6.03 Å². The van der Waals surface area contributed by atoms with Gasteiger partial charge in [-0.05, 0) is 39.3 Å². The smallest absolute Gasteiger partial charge is 0.317 e. The number of carbonyl (C=O) groups excluding carboxylic acids is 1. The van der Waals surface area contributed by atoms with E-state index < -0.39 is 17.2 Å². The molecule has 0 aromatic heterocycles. The normalized spacial score (nSPS) is 20.6. The van der Waals surface area contributed by atoms with Crippen molar-refractivity contribution in [1.29, 1.82) is 0 Å². The van der Waals surface area contributed by atoms with Gasteiger partial charge in [-0.2, -0.15) is 0 Å². The topological polar surface area (TPSA) is 52.6 Å². The van der Waals surface area contributed by atoms with Gasteiger partial charge in [0, 0.05) is 24.1 Å². The van der Waals surface area contributed by atoms with E-state index in [0.29, 0.717) is 13.0 Å². The summed E-state index contributed by atoms with van der Waals surface area (Å²) in [5, 5.41) is 12.6. The van der Waals surface area contributed by atoms with E-state index in [1.54, 1.807) is 13.8 Å². The highest BCUT2D eigenvalue weighted by Gasteiger charge is 2.43. The zero-order valence-corrected chi connectivity index (χ0v) is 13.1. The highest BCUT2D eigenvalue weighted by atomic mass is 19.1. The van der Waals surface area contributed by atoms with Crippen LogP contribution in [0.5, 0.6) is 0 Å². The Morgan fingerprint density at radius 1 is 1.41 bits per heavy atom. The minimum Gasteiger partial charge on any atom is -0.389 e. The first-order valence-corrected chi connectivity index (χ1v) is 7.44. The van der Waals surface area contributed by atoms with Crippen LogP contribution < -0.4 is 5.32 Å². The Balaban J connectivity index is 1.97. The van der Waals surface area contributed by atoms with E-state index in [1.165, 1.54) is 23.1 Å². The Hall–Kier alpha value is -1.69. The number of hydrogen-bond acceptors (Lipinski definition) is 2. The number of halogens is 2. The molecule has 6 heteroatoms. The van der Waals surface area contributed by atoms with Crippen molar-refractivity contribution in [3.63, 3.8) is 0 Å². The van der Waals surface area contributed by atoms with E-state index in [2.05, 4.69) is 5.32 Å². The lowest BCUT2D eigenvalue weighted by molar-refractivity contribution is 0.0479. The zero-order valence-electron chi connectivity index (χ0n) is 13.1. The lowest BCUT2D eigenvalue weighted by atomic mass is 10.1. The van der Waals surface area contributed by atoms with Crippen molar-refractivity contribution in [3.05, 3.63) is 35.4 Å². The van der Waals surface area contributed by atoms with Gasteiger partial charge in [0.15, 0.2) is 0 Å². The van der Waals surface area contributed by atoms with Crippen molar-refractivity contribution >= 4 is 6.03 Å². The molecule has 1 fully saturated rings. The van der Waals surface area contributed by atoms with Crippen LogP contribution in [0.1, 0.15) is 38.7 Å². The van der Waals surface area contributed by atoms with Crippen LogP contribution in [0.15, 0.2) is 18.2 Å². The molecule has 2 N–H and O–H groups in total. The monoisotopic (exact) mass is 312 g/mol.